The van der Waals surface area contributed by atoms with Gasteiger partial charge < -0.3 is 0 Å². The first kappa shape index (κ1) is 15.6. The number of anilines is 1. The second-order valence-corrected chi connectivity index (χ2v) is 6.43. The molecule has 0 amide bonds. The third-order valence-corrected chi connectivity index (χ3v) is 4.69. The van der Waals surface area contributed by atoms with E-state index < -0.39 is 15.8 Å². The topological polar surface area (TPSA) is 70.0 Å². The lowest BCUT2D eigenvalue weighted by Gasteiger charge is -2.10. The summed E-state index contributed by atoms with van der Waals surface area (Å²) in [5.41, 5.74) is -0.0733. The molecule has 8 heteroatoms. The van der Waals surface area contributed by atoms with Crippen molar-refractivity contribution in [2.75, 3.05) is 4.72 Å². The minimum atomic E-state index is -4.10. The maximum atomic E-state index is 13.7. The summed E-state index contributed by atoms with van der Waals surface area (Å²) >= 11 is 11.4. The molecule has 0 aliphatic rings. The average Bonchev–Trinajstić information content (AvgIpc) is 2.43. The molecule has 2 aromatic carbocycles. The molecule has 0 aliphatic heterocycles. The zero-order chi connectivity index (χ0) is 15.6. The van der Waals surface area contributed by atoms with Crippen LogP contribution in [0, 0.1) is 17.1 Å². The molecule has 0 fully saturated rings. The van der Waals surface area contributed by atoms with E-state index in [0.717, 1.165) is 0 Å². The number of nitrogens with zero attached hydrogens (tertiary/aromatic N) is 1. The lowest BCUT2D eigenvalue weighted by atomic mass is 10.2. The molecule has 0 radical (unpaired) electrons. The molecule has 21 heavy (non-hydrogen) atoms. The van der Waals surface area contributed by atoms with Crippen LogP contribution in [0.2, 0.25) is 10.0 Å². The number of benzene rings is 2. The SMILES string of the molecule is N#Cc1ccc(S(=O)(=O)Nc2cccc(Cl)c2F)c(Cl)c1. The van der Waals surface area contributed by atoms with E-state index in [0.29, 0.717) is 0 Å². The second-order valence-electron chi connectivity index (χ2n) is 3.96. The van der Waals surface area contributed by atoms with E-state index >= 15 is 0 Å². The Hall–Kier alpha value is -1.81. The van der Waals surface area contributed by atoms with Crippen LogP contribution in [0.15, 0.2) is 41.3 Å². The largest absolute Gasteiger partial charge is 0.277 e. The molecule has 0 saturated heterocycles. The molecule has 2 aromatic rings. The Kier molecular flexibility index (Phi) is 4.37. The van der Waals surface area contributed by atoms with Crippen LogP contribution in [0.25, 0.3) is 0 Å². The van der Waals surface area contributed by atoms with E-state index in [2.05, 4.69) is 4.72 Å². The van der Waals surface area contributed by atoms with Crippen molar-refractivity contribution in [2.24, 2.45) is 0 Å². The highest BCUT2D eigenvalue weighted by Gasteiger charge is 2.20. The van der Waals surface area contributed by atoms with E-state index in [-0.39, 0.29) is 26.2 Å². The zero-order valence-electron chi connectivity index (χ0n) is 10.3. The first-order valence-corrected chi connectivity index (χ1v) is 7.75. The molecular formula is C13H7Cl2FN2O2S. The molecule has 0 aromatic heterocycles. The van der Waals surface area contributed by atoms with Crippen LogP contribution in [0.3, 0.4) is 0 Å². The summed E-state index contributed by atoms with van der Waals surface area (Å²) < 4.78 is 40.2. The minimum Gasteiger partial charge on any atom is -0.277 e. The van der Waals surface area contributed by atoms with Crippen LogP contribution in [0.1, 0.15) is 5.56 Å². The molecule has 0 atom stereocenters. The molecule has 2 rings (SSSR count). The minimum absolute atomic E-state index is 0.135. The number of nitriles is 1. The van der Waals surface area contributed by atoms with Gasteiger partial charge in [0.1, 0.15) is 4.90 Å². The number of nitrogens with one attached hydrogen (secondary N) is 1. The lowest BCUT2D eigenvalue weighted by Crippen LogP contribution is -2.14. The summed E-state index contributed by atoms with van der Waals surface area (Å²) in [6.45, 7) is 0. The van der Waals surface area contributed by atoms with Crippen LogP contribution in [0.4, 0.5) is 10.1 Å². The monoisotopic (exact) mass is 344 g/mol. The summed E-state index contributed by atoms with van der Waals surface area (Å²) in [5, 5.41) is 8.38. The maximum Gasteiger partial charge on any atom is 0.263 e. The van der Waals surface area contributed by atoms with E-state index in [9.17, 15) is 12.8 Å². The highest BCUT2D eigenvalue weighted by molar-refractivity contribution is 7.92. The fourth-order valence-electron chi connectivity index (χ4n) is 1.57. The Labute approximate surface area is 130 Å². The van der Waals surface area contributed by atoms with Crippen LogP contribution in [0.5, 0.6) is 0 Å². The van der Waals surface area contributed by atoms with Crippen molar-refractivity contribution >= 4 is 38.9 Å². The molecule has 0 heterocycles. The number of hydrogen-bond acceptors (Lipinski definition) is 3. The average molecular weight is 345 g/mol. The molecule has 0 spiro atoms. The highest BCUT2D eigenvalue weighted by atomic mass is 35.5. The van der Waals surface area contributed by atoms with Gasteiger partial charge in [-0.15, -0.1) is 0 Å². The second kappa shape index (κ2) is 5.90. The van der Waals surface area contributed by atoms with Gasteiger partial charge in [0, 0.05) is 0 Å². The number of hydrogen-bond donors (Lipinski definition) is 1. The summed E-state index contributed by atoms with van der Waals surface area (Å²) in [7, 11) is -4.10. The molecular weight excluding hydrogens is 338 g/mol. The number of halogens is 3. The predicted octanol–water partition coefficient (Wildman–Crippen LogP) is 3.80. The smallest absolute Gasteiger partial charge is 0.263 e. The Morgan fingerprint density at radius 2 is 1.86 bits per heavy atom. The Morgan fingerprint density at radius 1 is 1.14 bits per heavy atom. The van der Waals surface area contributed by atoms with Crippen molar-refractivity contribution in [3.05, 3.63) is 57.8 Å². The van der Waals surface area contributed by atoms with Gasteiger partial charge in [0.15, 0.2) is 5.82 Å². The van der Waals surface area contributed by atoms with Crippen molar-refractivity contribution in [2.45, 2.75) is 4.90 Å². The summed E-state index contributed by atoms with van der Waals surface area (Å²) in [4.78, 5) is -0.262. The van der Waals surface area contributed by atoms with E-state index in [4.69, 9.17) is 28.5 Å². The van der Waals surface area contributed by atoms with Gasteiger partial charge in [0.2, 0.25) is 0 Å². The van der Waals surface area contributed by atoms with Gasteiger partial charge in [-0.25, -0.2) is 12.8 Å². The van der Waals surface area contributed by atoms with Crippen molar-refractivity contribution in [1.82, 2.24) is 0 Å². The molecule has 1 N–H and O–H groups in total. The zero-order valence-corrected chi connectivity index (χ0v) is 12.6. The van der Waals surface area contributed by atoms with Crippen molar-refractivity contribution in [3.8, 4) is 6.07 Å². The number of sulfonamides is 1. The molecule has 108 valence electrons. The lowest BCUT2D eigenvalue weighted by molar-refractivity contribution is 0.598. The first-order chi connectivity index (χ1) is 9.85. The van der Waals surface area contributed by atoms with Crippen molar-refractivity contribution < 1.29 is 12.8 Å². The van der Waals surface area contributed by atoms with Crippen LogP contribution >= 0.6 is 23.2 Å². The normalized spacial score (nSPS) is 11.0. The summed E-state index contributed by atoms with van der Waals surface area (Å²) in [5.74, 6) is -0.882. The fourth-order valence-corrected chi connectivity index (χ4v) is 3.35. The molecule has 4 nitrogen and oxygen atoms in total. The van der Waals surface area contributed by atoms with E-state index in [1.165, 1.54) is 36.4 Å². The summed E-state index contributed by atoms with van der Waals surface area (Å²) in [6, 6.07) is 9.45. The van der Waals surface area contributed by atoms with Gasteiger partial charge >= 0.3 is 0 Å². The van der Waals surface area contributed by atoms with Gasteiger partial charge in [0.05, 0.1) is 27.4 Å². The predicted molar refractivity (Wildman–Crippen MR) is 78.4 cm³/mol. The van der Waals surface area contributed by atoms with Gasteiger partial charge in [-0.3, -0.25) is 4.72 Å². The Morgan fingerprint density at radius 3 is 2.48 bits per heavy atom. The van der Waals surface area contributed by atoms with Gasteiger partial charge in [-0.2, -0.15) is 5.26 Å². The van der Waals surface area contributed by atoms with E-state index in [1.54, 1.807) is 0 Å². The van der Waals surface area contributed by atoms with Crippen molar-refractivity contribution in [1.29, 1.82) is 5.26 Å². The van der Waals surface area contributed by atoms with Gasteiger partial charge in [0.25, 0.3) is 10.0 Å². The third kappa shape index (κ3) is 3.27. The molecule has 0 saturated carbocycles. The Balaban J connectivity index is 2.44. The quantitative estimate of drug-likeness (QED) is 0.920. The third-order valence-electron chi connectivity index (χ3n) is 2.55. The first-order valence-electron chi connectivity index (χ1n) is 5.51. The van der Waals surface area contributed by atoms with E-state index in [1.807, 2.05) is 6.07 Å². The fraction of sp³-hybridized carbons (Fsp3) is 0. The maximum absolute atomic E-state index is 13.7. The molecule has 0 bridgehead atoms. The van der Waals surface area contributed by atoms with Crippen LogP contribution in [-0.2, 0) is 10.0 Å². The van der Waals surface area contributed by atoms with Crippen LogP contribution in [-0.4, -0.2) is 8.42 Å². The Bertz CT molecular complexity index is 848. The summed E-state index contributed by atoms with van der Waals surface area (Å²) in [6.07, 6.45) is 0. The molecule has 0 unspecified atom stereocenters. The highest BCUT2D eigenvalue weighted by Crippen LogP contribution is 2.27. The van der Waals surface area contributed by atoms with Gasteiger partial charge in [-0.05, 0) is 30.3 Å². The van der Waals surface area contributed by atoms with Crippen LogP contribution < -0.4 is 4.72 Å². The van der Waals surface area contributed by atoms with Gasteiger partial charge in [-0.1, -0.05) is 29.3 Å². The van der Waals surface area contributed by atoms with Crippen molar-refractivity contribution in [3.63, 3.8) is 0 Å². The standard InChI is InChI=1S/C13H7Cl2FN2O2S/c14-9-2-1-3-11(13(9)16)18-21(19,20)12-5-4-8(7-17)6-10(12)15/h1-6,18H. The number of rotatable bonds is 3. The molecule has 0 aliphatic carbocycles.